The predicted octanol–water partition coefficient (Wildman–Crippen LogP) is 1.95. The molecule has 1 aromatic heterocycles. The summed E-state index contributed by atoms with van der Waals surface area (Å²) in [5.41, 5.74) is 1.47. The summed E-state index contributed by atoms with van der Waals surface area (Å²) in [5.74, 6) is -1.21. The van der Waals surface area contributed by atoms with Crippen molar-refractivity contribution < 1.29 is 14.3 Å². The number of aliphatic hydroxyl groups is 1. The minimum Gasteiger partial charge on any atom is -0.407 e. The van der Waals surface area contributed by atoms with E-state index in [1.807, 2.05) is 0 Å². The molecule has 0 aliphatic heterocycles. The number of rotatable bonds is 3. The number of hydrogen-bond donors (Lipinski definition) is 1. The second-order valence-corrected chi connectivity index (χ2v) is 4.32. The number of carbonyl (C=O) groups is 1. The van der Waals surface area contributed by atoms with Crippen LogP contribution in [0.1, 0.15) is 25.1 Å². The zero-order chi connectivity index (χ0) is 14.0. The van der Waals surface area contributed by atoms with E-state index < -0.39 is 17.8 Å². The van der Waals surface area contributed by atoms with Crippen molar-refractivity contribution in [3.8, 4) is 0 Å². The standard InChI is InChI=1S/C14H15NO4/c1-3-9(2)11(16)8-13(17)15-10-6-4-5-7-12(10)19-14(15)18/h3-7,11,16H,8H2,1-2H3. The molecule has 2 aromatic rings. The maximum atomic E-state index is 12.1. The normalized spacial score (nSPS) is 13.7. The fourth-order valence-electron chi connectivity index (χ4n) is 1.81. The number of oxazole rings is 1. The highest BCUT2D eigenvalue weighted by molar-refractivity contribution is 5.89. The van der Waals surface area contributed by atoms with Gasteiger partial charge in [0.1, 0.15) is 0 Å². The number of nitrogens with zero attached hydrogens (tertiary/aromatic N) is 1. The van der Waals surface area contributed by atoms with Crippen LogP contribution < -0.4 is 5.76 Å². The van der Waals surface area contributed by atoms with Gasteiger partial charge in [-0.3, -0.25) is 4.79 Å². The molecule has 0 aliphatic carbocycles. The van der Waals surface area contributed by atoms with E-state index in [1.165, 1.54) is 0 Å². The van der Waals surface area contributed by atoms with Crippen LogP contribution in [0, 0.1) is 0 Å². The molecule has 1 unspecified atom stereocenters. The van der Waals surface area contributed by atoms with E-state index >= 15 is 0 Å². The second-order valence-electron chi connectivity index (χ2n) is 4.32. The zero-order valence-electron chi connectivity index (χ0n) is 10.8. The minimum absolute atomic E-state index is 0.153. The molecule has 0 aliphatic rings. The van der Waals surface area contributed by atoms with E-state index in [4.69, 9.17) is 4.42 Å². The van der Waals surface area contributed by atoms with Crippen LogP contribution in [-0.4, -0.2) is 21.7 Å². The van der Waals surface area contributed by atoms with E-state index in [9.17, 15) is 14.7 Å². The van der Waals surface area contributed by atoms with Crippen LogP contribution in [0.2, 0.25) is 0 Å². The van der Waals surface area contributed by atoms with E-state index in [-0.39, 0.29) is 6.42 Å². The molecule has 0 spiro atoms. The molecular formula is C14H15NO4. The van der Waals surface area contributed by atoms with E-state index in [0.29, 0.717) is 16.7 Å². The molecule has 1 heterocycles. The van der Waals surface area contributed by atoms with Crippen molar-refractivity contribution in [1.29, 1.82) is 0 Å². The van der Waals surface area contributed by atoms with E-state index in [0.717, 1.165) is 4.57 Å². The Kier molecular flexibility index (Phi) is 3.66. The average Bonchev–Trinajstić information content (AvgIpc) is 2.73. The lowest BCUT2D eigenvalue weighted by molar-refractivity contribution is 0.0828. The van der Waals surface area contributed by atoms with Crippen molar-refractivity contribution in [2.45, 2.75) is 26.4 Å². The van der Waals surface area contributed by atoms with Crippen LogP contribution in [0.5, 0.6) is 0 Å². The molecule has 0 saturated heterocycles. The molecule has 0 bridgehead atoms. The third-order valence-corrected chi connectivity index (χ3v) is 3.08. The number of fused-ring (bicyclic) bond motifs is 1. The zero-order valence-corrected chi connectivity index (χ0v) is 10.8. The Balaban J connectivity index is 2.37. The smallest absolute Gasteiger partial charge is 0.407 e. The summed E-state index contributed by atoms with van der Waals surface area (Å²) in [6.45, 7) is 3.51. The molecule has 5 heteroatoms. The van der Waals surface area contributed by atoms with Crippen LogP contribution in [0.15, 0.2) is 45.1 Å². The van der Waals surface area contributed by atoms with Gasteiger partial charge >= 0.3 is 5.76 Å². The summed E-state index contributed by atoms with van der Waals surface area (Å²) in [5, 5.41) is 9.81. The lowest BCUT2D eigenvalue weighted by Gasteiger charge is -2.09. The Morgan fingerprint density at radius 3 is 2.84 bits per heavy atom. The molecule has 0 saturated carbocycles. The highest BCUT2D eigenvalue weighted by atomic mass is 16.4. The monoisotopic (exact) mass is 261 g/mol. The first-order valence-corrected chi connectivity index (χ1v) is 5.99. The van der Waals surface area contributed by atoms with Crippen molar-refractivity contribution in [2.24, 2.45) is 0 Å². The van der Waals surface area contributed by atoms with Crippen LogP contribution in [0.3, 0.4) is 0 Å². The average molecular weight is 261 g/mol. The van der Waals surface area contributed by atoms with Gasteiger partial charge in [-0.2, -0.15) is 0 Å². The first kappa shape index (κ1) is 13.3. The Morgan fingerprint density at radius 2 is 2.16 bits per heavy atom. The van der Waals surface area contributed by atoms with Gasteiger partial charge in [-0.15, -0.1) is 0 Å². The first-order valence-electron chi connectivity index (χ1n) is 5.99. The topological polar surface area (TPSA) is 72.4 Å². The van der Waals surface area contributed by atoms with Crippen LogP contribution in [0.25, 0.3) is 11.1 Å². The maximum Gasteiger partial charge on any atom is 0.426 e. The SMILES string of the molecule is CC=C(C)C(O)CC(=O)n1c(=O)oc2ccccc21. The largest absolute Gasteiger partial charge is 0.426 e. The number of carbonyl (C=O) groups excluding carboxylic acids is 1. The third-order valence-electron chi connectivity index (χ3n) is 3.08. The van der Waals surface area contributed by atoms with Gasteiger partial charge in [-0.1, -0.05) is 18.2 Å². The number of aliphatic hydroxyl groups excluding tert-OH is 1. The van der Waals surface area contributed by atoms with Crippen molar-refractivity contribution in [3.63, 3.8) is 0 Å². The summed E-state index contributed by atoms with van der Waals surface area (Å²) in [6.07, 6.45) is 0.687. The molecule has 5 nitrogen and oxygen atoms in total. The quantitative estimate of drug-likeness (QED) is 0.857. The maximum absolute atomic E-state index is 12.1. The van der Waals surface area contributed by atoms with Gasteiger partial charge in [0.2, 0.25) is 5.91 Å². The summed E-state index contributed by atoms with van der Waals surface area (Å²) in [6, 6.07) is 6.69. The third kappa shape index (κ3) is 2.51. The lowest BCUT2D eigenvalue weighted by Crippen LogP contribution is -2.26. The Labute approximate surface area is 109 Å². The Morgan fingerprint density at radius 1 is 1.47 bits per heavy atom. The van der Waals surface area contributed by atoms with Gasteiger partial charge in [0.05, 0.1) is 18.0 Å². The molecule has 0 fully saturated rings. The Hall–Kier alpha value is -2.14. The molecule has 1 atom stereocenters. The summed E-state index contributed by atoms with van der Waals surface area (Å²) in [4.78, 5) is 23.8. The number of para-hydroxylation sites is 2. The van der Waals surface area contributed by atoms with Crippen LogP contribution in [-0.2, 0) is 0 Å². The van der Waals surface area contributed by atoms with Gasteiger partial charge in [-0.25, -0.2) is 9.36 Å². The molecule has 100 valence electrons. The number of benzene rings is 1. The molecule has 1 aromatic carbocycles. The molecule has 19 heavy (non-hydrogen) atoms. The molecule has 0 radical (unpaired) electrons. The van der Waals surface area contributed by atoms with Gasteiger partial charge in [-0.05, 0) is 31.6 Å². The van der Waals surface area contributed by atoms with Gasteiger partial charge in [0, 0.05) is 0 Å². The van der Waals surface area contributed by atoms with Crippen molar-refractivity contribution in [1.82, 2.24) is 4.57 Å². The van der Waals surface area contributed by atoms with Crippen molar-refractivity contribution in [3.05, 3.63) is 46.5 Å². The van der Waals surface area contributed by atoms with Crippen molar-refractivity contribution >= 4 is 17.0 Å². The fourth-order valence-corrected chi connectivity index (χ4v) is 1.81. The van der Waals surface area contributed by atoms with Gasteiger partial charge in [0.25, 0.3) is 0 Å². The minimum atomic E-state index is -0.891. The van der Waals surface area contributed by atoms with Crippen LogP contribution >= 0.6 is 0 Å². The van der Waals surface area contributed by atoms with Gasteiger partial charge in [0.15, 0.2) is 5.58 Å². The van der Waals surface area contributed by atoms with E-state index in [2.05, 4.69) is 0 Å². The van der Waals surface area contributed by atoms with Crippen LogP contribution in [0.4, 0.5) is 0 Å². The number of allylic oxidation sites excluding steroid dienone is 1. The Bertz CT molecular complexity index is 693. The number of hydrogen-bond acceptors (Lipinski definition) is 4. The van der Waals surface area contributed by atoms with E-state index in [1.54, 1.807) is 44.2 Å². The highest BCUT2D eigenvalue weighted by Gasteiger charge is 2.19. The molecule has 0 amide bonds. The number of aromatic nitrogens is 1. The molecule has 2 rings (SSSR count). The summed E-state index contributed by atoms with van der Waals surface area (Å²) >= 11 is 0. The second kappa shape index (κ2) is 5.24. The fraction of sp³-hybridized carbons (Fsp3) is 0.286. The molecular weight excluding hydrogens is 246 g/mol. The summed E-state index contributed by atoms with van der Waals surface area (Å²) in [7, 11) is 0. The lowest BCUT2D eigenvalue weighted by atomic mass is 10.1. The van der Waals surface area contributed by atoms with Crippen molar-refractivity contribution in [2.75, 3.05) is 0 Å². The molecule has 1 N–H and O–H groups in total. The highest BCUT2D eigenvalue weighted by Crippen LogP contribution is 2.14. The predicted molar refractivity (Wildman–Crippen MR) is 71.2 cm³/mol. The summed E-state index contributed by atoms with van der Waals surface area (Å²) < 4.78 is 5.94. The van der Waals surface area contributed by atoms with Gasteiger partial charge < -0.3 is 9.52 Å². The first-order chi connectivity index (χ1) is 9.04.